The van der Waals surface area contributed by atoms with Crippen LogP contribution >= 0.6 is 0 Å². The van der Waals surface area contributed by atoms with Crippen LogP contribution in [0.25, 0.3) is 0 Å². The number of amides is 1. The summed E-state index contributed by atoms with van der Waals surface area (Å²) in [6.07, 6.45) is 3.08. The lowest BCUT2D eigenvalue weighted by atomic mass is 9.99. The first-order valence-electron chi connectivity index (χ1n) is 6.08. The molecule has 0 aromatic heterocycles. The number of aryl methyl sites for hydroxylation is 1. The van der Waals surface area contributed by atoms with Crippen LogP contribution in [0.4, 0.5) is 0 Å². The predicted octanol–water partition coefficient (Wildman–Crippen LogP) is 2.97. The summed E-state index contributed by atoms with van der Waals surface area (Å²) in [5, 5.41) is 3.15. The highest BCUT2D eigenvalue weighted by atomic mass is 16.2. The molecule has 86 valence electrons. The summed E-state index contributed by atoms with van der Waals surface area (Å²) in [6, 6.07) is 8.45. The Morgan fingerprint density at radius 3 is 2.69 bits per heavy atom. The monoisotopic (exact) mass is 217 g/mol. The molecular formula is C14H19NO. The third-order valence-electron chi connectivity index (χ3n) is 3.24. The van der Waals surface area contributed by atoms with E-state index < -0.39 is 0 Å². The van der Waals surface area contributed by atoms with Gasteiger partial charge in [-0.3, -0.25) is 4.79 Å². The first-order valence-corrected chi connectivity index (χ1v) is 6.08. The zero-order valence-corrected chi connectivity index (χ0v) is 9.99. The molecule has 1 aromatic carbocycles. The molecule has 1 aliphatic rings. The molecular weight excluding hydrogens is 198 g/mol. The van der Waals surface area contributed by atoms with Gasteiger partial charge in [-0.15, -0.1) is 0 Å². The normalized spacial score (nSPS) is 16.9. The lowest BCUT2D eigenvalue weighted by Crippen LogP contribution is -2.29. The lowest BCUT2D eigenvalue weighted by molar-refractivity contribution is -0.123. The summed E-state index contributed by atoms with van der Waals surface area (Å²) < 4.78 is 0. The summed E-state index contributed by atoms with van der Waals surface area (Å²) in [5.74, 6) is 0.521. The SMILES string of the molecule is CCC(NC(=O)C1CC1)c1ccccc1C. The molecule has 1 amide bonds. The molecule has 16 heavy (non-hydrogen) atoms. The van der Waals surface area contributed by atoms with E-state index in [0.29, 0.717) is 0 Å². The maximum Gasteiger partial charge on any atom is 0.223 e. The van der Waals surface area contributed by atoms with Gasteiger partial charge >= 0.3 is 0 Å². The molecule has 2 nitrogen and oxygen atoms in total. The number of benzene rings is 1. The average Bonchev–Trinajstić information content (AvgIpc) is 3.10. The summed E-state index contributed by atoms with van der Waals surface area (Å²) in [6.45, 7) is 4.21. The van der Waals surface area contributed by atoms with Gasteiger partial charge in [0.1, 0.15) is 0 Å². The Kier molecular flexibility index (Phi) is 3.28. The summed E-state index contributed by atoms with van der Waals surface area (Å²) in [5.41, 5.74) is 2.50. The highest BCUT2D eigenvalue weighted by Crippen LogP contribution is 2.30. The second-order valence-corrected chi connectivity index (χ2v) is 4.60. The molecule has 1 unspecified atom stereocenters. The van der Waals surface area contributed by atoms with Crippen LogP contribution < -0.4 is 5.32 Å². The molecule has 2 heteroatoms. The first kappa shape index (κ1) is 11.2. The van der Waals surface area contributed by atoms with E-state index in [2.05, 4.69) is 31.3 Å². The molecule has 0 bridgehead atoms. The Morgan fingerprint density at radius 2 is 2.12 bits per heavy atom. The number of hydrogen-bond acceptors (Lipinski definition) is 1. The number of hydrogen-bond donors (Lipinski definition) is 1. The number of carbonyl (C=O) groups excluding carboxylic acids is 1. The van der Waals surface area contributed by atoms with Crippen LogP contribution in [0, 0.1) is 12.8 Å². The maximum atomic E-state index is 11.7. The summed E-state index contributed by atoms with van der Waals surface area (Å²) in [7, 11) is 0. The fourth-order valence-electron chi connectivity index (χ4n) is 2.01. The van der Waals surface area contributed by atoms with Crippen molar-refractivity contribution in [3.05, 3.63) is 35.4 Å². The smallest absolute Gasteiger partial charge is 0.223 e. The Bertz CT molecular complexity index is 382. The molecule has 1 N–H and O–H groups in total. The van der Waals surface area contributed by atoms with Gasteiger partial charge in [-0.2, -0.15) is 0 Å². The molecule has 0 saturated heterocycles. The fourth-order valence-corrected chi connectivity index (χ4v) is 2.01. The van der Waals surface area contributed by atoms with Crippen LogP contribution in [0.5, 0.6) is 0 Å². The average molecular weight is 217 g/mol. The van der Waals surface area contributed by atoms with E-state index in [1.54, 1.807) is 0 Å². The first-order chi connectivity index (χ1) is 7.72. The number of rotatable bonds is 4. The van der Waals surface area contributed by atoms with Crippen molar-refractivity contribution < 1.29 is 4.79 Å². The van der Waals surface area contributed by atoms with Crippen LogP contribution in [0.15, 0.2) is 24.3 Å². The van der Waals surface area contributed by atoms with E-state index >= 15 is 0 Å². The van der Waals surface area contributed by atoms with Gasteiger partial charge in [-0.25, -0.2) is 0 Å². The molecule has 0 spiro atoms. The molecule has 1 aromatic rings. The topological polar surface area (TPSA) is 29.1 Å². The fraction of sp³-hybridized carbons (Fsp3) is 0.500. The highest BCUT2D eigenvalue weighted by Gasteiger charge is 2.30. The van der Waals surface area contributed by atoms with E-state index in [1.807, 2.05) is 12.1 Å². The Balaban J connectivity index is 2.09. The van der Waals surface area contributed by atoms with Crippen LogP contribution in [-0.4, -0.2) is 5.91 Å². The van der Waals surface area contributed by atoms with Crippen molar-refractivity contribution in [2.75, 3.05) is 0 Å². The van der Waals surface area contributed by atoms with Gasteiger partial charge in [-0.1, -0.05) is 31.2 Å². The minimum atomic E-state index is 0.175. The zero-order valence-electron chi connectivity index (χ0n) is 9.99. The van der Waals surface area contributed by atoms with Crippen molar-refractivity contribution in [2.24, 2.45) is 5.92 Å². The molecule has 2 rings (SSSR count). The van der Waals surface area contributed by atoms with Crippen molar-refractivity contribution in [3.63, 3.8) is 0 Å². The molecule has 0 aliphatic heterocycles. The second-order valence-electron chi connectivity index (χ2n) is 4.60. The molecule has 1 aliphatic carbocycles. The third-order valence-corrected chi connectivity index (χ3v) is 3.24. The molecule has 1 atom stereocenters. The van der Waals surface area contributed by atoms with E-state index in [1.165, 1.54) is 11.1 Å². The quantitative estimate of drug-likeness (QED) is 0.825. The standard InChI is InChI=1S/C14H19NO/c1-3-13(15-14(16)11-8-9-11)12-7-5-4-6-10(12)2/h4-7,11,13H,3,8-9H2,1-2H3,(H,15,16). The maximum absolute atomic E-state index is 11.7. The van der Waals surface area contributed by atoms with Crippen molar-refractivity contribution >= 4 is 5.91 Å². The van der Waals surface area contributed by atoms with Gasteiger partial charge in [0.15, 0.2) is 0 Å². The van der Waals surface area contributed by atoms with Gasteiger partial charge in [0, 0.05) is 5.92 Å². The van der Waals surface area contributed by atoms with Crippen LogP contribution in [0.3, 0.4) is 0 Å². The lowest BCUT2D eigenvalue weighted by Gasteiger charge is -2.19. The van der Waals surface area contributed by atoms with Gasteiger partial charge in [0.25, 0.3) is 0 Å². The third kappa shape index (κ3) is 2.43. The predicted molar refractivity (Wildman–Crippen MR) is 65.1 cm³/mol. The van der Waals surface area contributed by atoms with Gasteiger partial charge in [0.2, 0.25) is 5.91 Å². The van der Waals surface area contributed by atoms with Crippen molar-refractivity contribution in [1.82, 2.24) is 5.32 Å². The number of nitrogens with one attached hydrogen (secondary N) is 1. The van der Waals surface area contributed by atoms with Crippen LogP contribution in [-0.2, 0) is 4.79 Å². The van der Waals surface area contributed by atoms with Crippen molar-refractivity contribution in [1.29, 1.82) is 0 Å². The summed E-state index contributed by atoms with van der Waals surface area (Å²) in [4.78, 5) is 11.7. The Hall–Kier alpha value is -1.31. The molecule has 1 saturated carbocycles. The second kappa shape index (κ2) is 4.69. The van der Waals surface area contributed by atoms with Crippen LogP contribution in [0.2, 0.25) is 0 Å². The molecule has 0 heterocycles. The minimum Gasteiger partial charge on any atom is -0.349 e. The minimum absolute atomic E-state index is 0.175. The van der Waals surface area contributed by atoms with E-state index in [0.717, 1.165) is 19.3 Å². The highest BCUT2D eigenvalue weighted by molar-refractivity contribution is 5.81. The summed E-state index contributed by atoms with van der Waals surface area (Å²) >= 11 is 0. The largest absolute Gasteiger partial charge is 0.349 e. The zero-order chi connectivity index (χ0) is 11.5. The Labute approximate surface area is 97.1 Å². The van der Waals surface area contributed by atoms with Crippen molar-refractivity contribution in [3.8, 4) is 0 Å². The van der Waals surface area contributed by atoms with Gasteiger partial charge in [0.05, 0.1) is 6.04 Å². The van der Waals surface area contributed by atoms with E-state index in [9.17, 15) is 4.79 Å². The van der Waals surface area contributed by atoms with Gasteiger partial charge in [-0.05, 0) is 37.3 Å². The number of carbonyl (C=O) groups is 1. The molecule has 0 radical (unpaired) electrons. The van der Waals surface area contributed by atoms with E-state index in [4.69, 9.17) is 0 Å². The van der Waals surface area contributed by atoms with Gasteiger partial charge < -0.3 is 5.32 Å². The van der Waals surface area contributed by atoms with E-state index in [-0.39, 0.29) is 17.9 Å². The van der Waals surface area contributed by atoms with Crippen LogP contribution in [0.1, 0.15) is 43.4 Å². The Morgan fingerprint density at radius 1 is 1.44 bits per heavy atom. The van der Waals surface area contributed by atoms with Crippen molar-refractivity contribution in [2.45, 2.75) is 39.2 Å². The molecule has 1 fully saturated rings.